The number of nitrogens with two attached hydrogens (primary N) is 1. The molecule has 1 aliphatic rings. The summed E-state index contributed by atoms with van der Waals surface area (Å²) in [5.74, 6) is 1.42. The van der Waals surface area contributed by atoms with E-state index in [1.807, 2.05) is 0 Å². The number of piperidine rings is 1. The molecule has 0 amide bonds. The smallest absolute Gasteiger partial charge is 0.0368 e. The Kier molecular flexibility index (Phi) is 10.4. The number of nitrogens with zero attached hydrogens (tertiary/aromatic N) is 2. The maximum absolute atomic E-state index is 6.39. The third kappa shape index (κ3) is 9.95. The minimum atomic E-state index is 0.314. The van der Waals surface area contributed by atoms with E-state index >= 15 is 0 Å². The zero-order valence-electron chi connectivity index (χ0n) is 21.7. The molecule has 0 aliphatic carbocycles. The Labute approximate surface area is 193 Å². The average molecular weight is 430 g/mol. The molecule has 178 valence electrons. The summed E-state index contributed by atoms with van der Waals surface area (Å²) < 4.78 is 0. The number of likely N-dealkylation sites (tertiary alicyclic amines) is 1. The van der Waals surface area contributed by atoms with Gasteiger partial charge >= 0.3 is 0 Å². The molecule has 0 spiro atoms. The van der Waals surface area contributed by atoms with Gasteiger partial charge in [-0.2, -0.15) is 0 Å². The van der Waals surface area contributed by atoms with Crippen molar-refractivity contribution in [2.24, 2.45) is 23.0 Å². The molecule has 0 saturated carbocycles. The monoisotopic (exact) mass is 429 g/mol. The molecule has 1 atom stereocenters. The van der Waals surface area contributed by atoms with Gasteiger partial charge < -0.3 is 15.5 Å². The van der Waals surface area contributed by atoms with Crippen molar-refractivity contribution in [1.29, 1.82) is 0 Å². The van der Waals surface area contributed by atoms with Crippen molar-refractivity contribution in [2.45, 2.75) is 99.1 Å². The van der Waals surface area contributed by atoms with Crippen molar-refractivity contribution in [3.8, 4) is 0 Å². The summed E-state index contributed by atoms with van der Waals surface area (Å²) in [6, 6.07) is 10.4. The van der Waals surface area contributed by atoms with Crippen LogP contribution >= 0.6 is 0 Å². The quantitative estimate of drug-likeness (QED) is 0.444. The van der Waals surface area contributed by atoms with Crippen LogP contribution in [0.3, 0.4) is 0 Å². The predicted octanol–water partition coefficient (Wildman–Crippen LogP) is 6.36. The van der Waals surface area contributed by atoms with E-state index in [0.717, 1.165) is 25.4 Å². The largest absolute Gasteiger partial charge is 0.368 e. The molecule has 0 radical (unpaired) electrons. The topological polar surface area (TPSA) is 32.5 Å². The maximum atomic E-state index is 6.39. The molecule has 31 heavy (non-hydrogen) atoms. The van der Waals surface area contributed by atoms with Gasteiger partial charge in [0, 0.05) is 44.0 Å². The van der Waals surface area contributed by atoms with Crippen LogP contribution in [-0.2, 0) is 6.42 Å². The summed E-state index contributed by atoms with van der Waals surface area (Å²) in [4.78, 5) is 5.30. The summed E-state index contributed by atoms with van der Waals surface area (Å²) in [6.07, 6.45) is 7.29. The zero-order valence-corrected chi connectivity index (χ0v) is 21.7. The lowest BCUT2D eigenvalue weighted by Crippen LogP contribution is -2.48. The fourth-order valence-corrected chi connectivity index (χ4v) is 4.72. The lowest BCUT2D eigenvalue weighted by atomic mass is 9.88. The second-order valence-electron chi connectivity index (χ2n) is 12.0. The van der Waals surface area contributed by atoms with Gasteiger partial charge in [-0.15, -0.1) is 0 Å². The summed E-state index contributed by atoms with van der Waals surface area (Å²) in [7, 11) is 0. The van der Waals surface area contributed by atoms with Crippen LogP contribution in [0.2, 0.25) is 0 Å². The van der Waals surface area contributed by atoms with E-state index in [4.69, 9.17) is 5.73 Å². The molecule has 1 aromatic carbocycles. The van der Waals surface area contributed by atoms with Crippen molar-refractivity contribution in [3.63, 3.8) is 0 Å². The van der Waals surface area contributed by atoms with E-state index in [-0.39, 0.29) is 0 Å². The first kappa shape index (κ1) is 26.2. The lowest BCUT2D eigenvalue weighted by molar-refractivity contribution is 0.191. The van der Waals surface area contributed by atoms with Gasteiger partial charge in [0.25, 0.3) is 0 Å². The zero-order chi connectivity index (χ0) is 23.0. The van der Waals surface area contributed by atoms with Gasteiger partial charge in [-0.25, -0.2) is 0 Å². The normalized spacial score (nSPS) is 17.5. The molecule has 1 heterocycles. The Morgan fingerprint density at radius 3 is 2.13 bits per heavy atom. The second kappa shape index (κ2) is 12.3. The van der Waals surface area contributed by atoms with Crippen LogP contribution in [0.1, 0.15) is 86.1 Å². The number of aryl methyl sites for hydroxylation is 1. The highest BCUT2D eigenvalue weighted by Gasteiger charge is 2.26. The third-order valence-corrected chi connectivity index (χ3v) is 6.64. The SMILES string of the molecule is CC(C)CCN(c1ccc(CCC(C)(C)C)cc1)C1CCN(CC(N)CC(C)C)CC1. The number of anilines is 1. The van der Waals surface area contributed by atoms with Gasteiger partial charge in [0.05, 0.1) is 0 Å². The molecule has 3 nitrogen and oxygen atoms in total. The molecule has 1 saturated heterocycles. The van der Waals surface area contributed by atoms with Crippen molar-refractivity contribution in [3.05, 3.63) is 29.8 Å². The van der Waals surface area contributed by atoms with E-state index in [1.54, 1.807) is 0 Å². The van der Waals surface area contributed by atoms with Gasteiger partial charge in [0.2, 0.25) is 0 Å². The Hall–Kier alpha value is -1.06. The molecule has 2 N–H and O–H groups in total. The summed E-state index contributed by atoms with van der Waals surface area (Å²) in [5.41, 5.74) is 9.66. The first-order valence-electron chi connectivity index (χ1n) is 12.9. The van der Waals surface area contributed by atoms with Gasteiger partial charge in [-0.1, -0.05) is 60.6 Å². The minimum Gasteiger partial charge on any atom is -0.368 e. The molecule has 1 aromatic rings. The van der Waals surface area contributed by atoms with Crippen LogP contribution in [0, 0.1) is 17.3 Å². The number of hydrogen-bond donors (Lipinski definition) is 1. The lowest BCUT2D eigenvalue weighted by Gasteiger charge is -2.41. The Morgan fingerprint density at radius 1 is 1.00 bits per heavy atom. The molecule has 1 unspecified atom stereocenters. The molecular formula is C28H51N3. The highest BCUT2D eigenvalue weighted by Crippen LogP contribution is 2.27. The van der Waals surface area contributed by atoms with Crippen LogP contribution in [-0.4, -0.2) is 43.2 Å². The highest BCUT2D eigenvalue weighted by atomic mass is 15.2. The fraction of sp³-hybridized carbons (Fsp3) is 0.786. The summed E-state index contributed by atoms with van der Waals surface area (Å²) >= 11 is 0. The Balaban J connectivity index is 1.97. The minimum absolute atomic E-state index is 0.314. The third-order valence-electron chi connectivity index (χ3n) is 6.64. The number of benzene rings is 1. The average Bonchev–Trinajstić information content (AvgIpc) is 2.67. The fourth-order valence-electron chi connectivity index (χ4n) is 4.72. The van der Waals surface area contributed by atoms with Crippen LogP contribution in [0.4, 0.5) is 5.69 Å². The van der Waals surface area contributed by atoms with Crippen molar-refractivity contribution in [1.82, 2.24) is 4.90 Å². The number of rotatable bonds is 11. The Morgan fingerprint density at radius 2 is 1.61 bits per heavy atom. The number of hydrogen-bond acceptors (Lipinski definition) is 3. The molecule has 1 aliphatic heterocycles. The van der Waals surface area contributed by atoms with E-state index < -0.39 is 0 Å². The molecule has 1 fully saturated rings. The predicted molar refractivity (Wildman–Crippen MR) is 138 cm³/mol. The van der Waals surface area contributed by atoms with E-state index in [2.05, 4.69) is 82.5 Å². The van der Waals surface area contributed by atoms with Crippen molar-refractivity contribution >= 4 is 5.69 Å². The molecule has 0 bridgehead atoms. The van der Waals surface area contributed by atoms with Crippen LogP contribution in [0.25, 0.3) is 0 Å². The van der Waals surface area contributed by atoms with E-state index in [1.165, 1.54) is 56.4 Å². The molecular weight excluding hydrogens is 378 g/mol. The van der Waals surface area contributed by atoms with Crippen molar-refractivity contribution < 1.29 is 0 Å². The van der Waals surface area contributed by atoms with E-state index in [9.17, 15) is 0 Å². The van der Waals surface area contributed by atoms with E-state index in [0.29, 0.717) is 23.4 Å². The maximum Gasteiger partial charge on any atom is 0.0368 e. The van der Waals surface area contributed by atoms with Gasteiger partial charge in [0.15, 0.2) is 0 Å². The first-order chi connectivity index (χ1) is 14.5. The van der Waals surface area contributed by atoms with Crippen LogP contribution in [0.15, 0.2) is 24.3 Å². The van der Waals surface area contributed by atoms with Gasteiger partial charge in [-0.3, -0.25) is 0 Å². The molecule has 0 aromatic heterocycles. The second-order valence-corrected chi connectivity index (χ2v) is 12.0. The van der Waals surface area contributed by atoms with Gasteiger partial charge in [-0.05, 0) is 73.5 Å². The summed E-state index contributed by atoms with van der Waals surface area (Å²) in [6.45, 7) is 20.8. The van der Waals surface area contributed by atoms with Crippen LogP contribution < -0.4 is 10.6 Å². The Bertz CT molecular complexity index is 606. The summed E-state index contributed by atoms with van der Waals surface area (Å²) in [5, 5.41) is 0. The standard InChI is InChI=1S/C28H51N3/c1-22(2)13-19-31(26-10-8-24(9-11-26)12-16-28(5,6)7)27-14-17-30(18-15-27)21-25(29)20-23(3)4/h8-11,22-23,25,27H,12-21,29H2,1-7H3. The van der Waals surface area contributed by atoms with Crippen LogP contribution in [0.5, 0.6) is 0 Å². The molecule has 3 heteroatoms. The van der Waals surface area contributed by atoms with Gasteiger partial charge in [0.1, 0.15) is 0 Å². The first-order valence-corrected chi connectivity index (χ1v) is 12.9. The highest BCUT2D eigenvalue weighted by molar-refractivity contribution is 5.49. The molecule has 2 rings (SSSR count). The van der Waals surface area contributed by atoms with Crippen molar-refractivity contribution in [2.75, 3.05) is 31.1 Å².